The van der Waals surface area contributed by atoms with Crippen molar-refractivity contribution in [3.8, 4) is 0 Å². The third-order valence-corrected chi connectivity index (χ3v) is 5.08. The lowest BCUT2D eigenvalue weighted by atomic mass is 10.3. The van der Waals surface area contributed by atoms with E-state index in [4.69, 9.17) is 0 Å². The fraction of sp³-hybridized carbons (Fsp3) is 0.231. The van der Waals surface area contributed by atoms with Gasteiger partial charge in [-0.25, -0.2) is 17.6 Å². The van der Waals surface area contributed by atoms with Crippen LogP contribution in [-0.2, 0) is 10.0 Å². The van der Waals surface area contributed by atoms with Crippen molar-refractivity contribution in [3.63, 3.8) is 0 Å². The summed E-state index contributed by atoms with van der Waals surface area (Å²) in [5, 5.41) is 0. The van der Waals surface area contributed by atoms with Gasteiger partial charge in [-0.15, -0.1) is 0 Å². The Morgan fingerprint density at radius 1 is 1.14 bits per heavy atom. The van der Waals surface area contributed by atoms with Crippen LogP contribution < -0.4 is 15.6 Å². The normalized spacial score (nSPS) is 11.4. The van der Waals surface area contributed by atoms with Gasteiger partial charge in [0, 0.05) is 12.2 Å². The van der Waals surface area contributed by atoms with Gasteiger partial charge >= 0.3 is 5.69 Å². The van der Waals surface area contributed by atoms with Crippen molar-refractivity contribution < 1.29 is 12.8 Å². The van der Waals surface area contributed by atoms with E-state index in [1.807, 2.05) is 4.98 Å². The molecule has 0 aliphatic rings. The SMILES string of the molecule is CCN(c1ccc(F)cc1)S(=O)(=O)c1c(C)[nH]c(=O)[nH]c1=O. The van der Waals surface area contributed by atoms with E-state index in [1.165, 1.54) is 19.1 Å². The van der Waals surface area contributed by atoms with E-state index < -0.39 is 32.0 Å². The number of hydrogen-bond acceptors (Lipinski definition) is 4. The standard InChI is InChI=1S/C13H14FN3O4S/c1-3-17(10-6-4-9(14)5-7-10)22(20,21)11-8(2)15-13(19)16-12(11)18/h4-7H,3H2,1-2H3,(H2,15,16,18,19). The maximum absolute atomic E-state index is 13.0. The molecule has 2 N–H and O–H groups in total. The van der Waals surface area contributed by atoms with Gasteiger partial charge in [-0.1, -0.05) is 0 Å². The highest BCUT2D eigenvalue weighted by Crippen LogP contribution is 2.22. The van der Waals surface area contributed by atoms with E-state index in [0.29, 0.717) is 0 Å². The van der Waals surface area contributed by atoms with Crippen LogP contribution in [0.25, 0.3) is 0 Å². The minimum absolute atomic E-state index is 0.0337. The quantitative estimate of drug-likeness (QED) is 0.864. The molecule has 9 heteroatoms. The average Bonchev–Trinajstić information content (AvgIpc) is 2.39. The van der Waals surface area contributed by atoms with Gasteiger partial charge in [0.2, 0.25) is 0 Å². The molecule has 0 aliphatic heterocycles. The lowest BCUT2D eigenvalue weighted by molar-refractivity contribution is 0.588. The highest BCUT2D eigenvalue weighted by Gasteiger charge is 2.29. The molecule has 1 aromatic carbocycles. The third kappa shape index (κ3) is 2.80. The monoisotopic (exact) mass is 327 g/mol. The number of H-pyrrole nitrogens is 2. The van der Waals surface area contributed by atoms with Crippen LogP contribution >= 0.6 is 0 Å². The van der Waals surface area contributed by atoms with Crippen molar-refractivity contribution >= 4 is 15.7 Å². The van der Waals surface area contributed by atoms with Crippen molar-refractivity contribution in [2.24, 2.45) is 0 Å². The first-order chi connectivity index (χ1) is 10.3. The van der Waals surface area contributed by atoms with E-state index in [1.54, 1.807) is 6.92 Å². The molecule has 1 heterocycles. The molecule has 0 unspecified atom stereocenters. The van der Waals surface area contributed by atoms with Crippen LogP contribution in [0.3, 0.4) is 0 Å². The van der Waals surface area contributed by atoms with Gasteiger partial charge in [0.05, 0.1) is 5.69 Å². The summed E-state index contributed by atoms with van der Waals surface area (Å²) < 4.78 is 39.3. The number of aromatic nitrogens is 2. The molecular weight excluding hydrogens is 313 g/mol. The fourth-order valence-corrected chi connectivity index (χ4v) is 3.79. The number of aryl methyl sites for hydroxylation is 1. The zero-order valence-electron chi connectivity index (χ0n) is 11.9. The Morgan fingerprint density at radius 3 is 2.23 bits per heavy atom. The molecule has 0 bridgehead atoms. The molecule has 2 aromatic rings. The molecule has 0 amide bonds. The molecule has 22 heavy (non-hydrogen) atoms. The molecule has 0 spiro atoms. The molecule has 0 atom stereocenters. The van der Waals surface area contributed by atoms with Crippen molar-refractivity contribution in [2.45, 2.75) is 18.7 Å². The van der Waals surface area contributed by atoms with Crippen molar-refractivity contribution in [2.75, 3.05) is 10.8 Å². The zero-order valence-corrected chi connectivity index (χ0v) is 12.7. The van der Waals surface area contributed by atoms with Crippen LogP contribution in [0.4, 0.5) is 10.1 Å². The minimum atomic E-state index is -4.20. The van der Waals surface area contributed by atoms with Crippen molar-refractivity contribution in [3.05, 3.63) is 56.6 Å². The molecule has 2 rings (SSSR count). The smallest absolute Gasteiger partial charge is 0.310 e. The summed E-state index contributed by atoms with van der Waals surface area (Å²) in [6, 6.07) is 4.84. The molecule has 0 fully saturated rings. The van der Waals surface area contributed by atoms with E-state index in [9.17, 15) is 22.4 Å². The lowest BCUT2D eigenvalue weighted by Crippen LogP contribution is -2.38. The highest BCUT2D eigenvalue weighted by molar-refractivity contribution is 7.92. The van der Waals surface area contributed by atoms with Gasteiger partial charge in [0.15, 0.2) is 4.90 Å². The zero-order chi connectivity index (χ0) is 16.5. The summed E-state index contributed by atoms with van der Waals surface area (Å²) in [6.45, 7) is 2.93. The second-order valence-electron chi connectivity index (χ2n) is 4.51. The van der Waals surface area contributed by atoms with Gasteiger partial charge in [-0.3, -0.25) is 14.1 Å². The summed E-state index contributed by atoms with van der Waals surface area (Å²) in [4.78, 5) is 26.6. The Kier molecular flexibility index (Phi) is 4.18. The second-order valence-corrected chi connectivity index (χ2v) is 6.31. The molecule has 7 nitrogen and oxygen atoms in total. The first kappa shape index (κ1) is 16.0. The summed E-state index contributed by atoms with van der Waals surface area (Å²) >= 11 is 0. The number of nitrogens with one attached hydrogen (secondary N) is 2. The predicted molar refractivity (Wildman–Crippen MR) is 79.0 cm³/mol. The molecular formula is C13H14FN3O4S. The van der Waals surface area contributed by atoms with Crippen LogP contribution in [-0.4, -0.2) is 24.9 Å². The molecule has 0 radical (unpaired) electrons. The molecule has 118 valence electrons. The third-order valence-electron chi connectivity index (χ3n) is 3.02. The van der Waals surface area contributed by atoms with Gasteiger partial charge < -0.3 is 4.98 Å². The Morgan fingerprint density at radius 2 is 1.73 bits per heavy atom. The van der Waals surface area contributed by atoms with E-state index >= 15 is 0 Å². The maximum Gasteiger partial charge on any atom is 0.325 e. The van der Waals surface area contributed by atoms with E-state index in [0.717, 1.165) is 16.4 Å². The Bertz CT molecular complexity index is 900. The fourth-order valence-electron chi connectivity index (χ4n) is 2.11. The van der Waals surface area contributed by atoms with Crippen LogP contribution in [0, 0.1) is 12.7 Å². The number of benzene rings is 1. The first-order valence-electron chi connectivity index (χ1n) is 6.39. The van der Waals surface area contributed by atoms with E-state index in [-0.39, 0.29) is 17.9 Å². The summed E-state index contributed by atoms with van der Waals surface area (Å²) in [5.41, 5.74) is -1.63. The molecule has 0 saturated heterocycles. The number of halogens is 1. The Labute approximate surface area is 125 Å². The van der Waals surface area contributed by atoms with Gasteiger partial charge in [-0.05, 0) is 38.1 Å². The number of anilines is 1. The van der Waals surface area contributed by atoms with Gasteiger partial charge in [0.25, 0.3) is 15.6 Å². The molecule has 1 aromatic heterocycles. The molecule has 0 aliphatic carbocycles. The lowest BCUT2D eigenvalue weighted by Gasteiger charge is -2.23. The minimum Gasteiger partial charge on any atom is -0.310 e. The second kappa shape index (κ2) is 5.76. The Hall–Kier alpha value is -2.42. The van der Waals surface area contributed by atoms with E-state index in [2.05, 4.69) is 4.98 Å². The average molecular weight is 327 g/mol. The summed E-state index contributed by atoms with van der Waals surface area (Å²) in [5.74, 6) is -0.504. The summed E-state index contributed by atoms with van der Waals surface area (Å²) in [6.07, 6.45) is 0. The number of sulfonamides is 1. The van der Waals surface area contributed by atoms with Crippen molar-refractivity contribution in [1.82, 2.24) is 9.97 Å². The number of nitrogens with zero attached hydrogens (tertiary/aromatic N) is 1. The van der Waals surface area contributed by atoms with Crippen LogP contribution in [0.1, 0.15) is 12.6 Å². The molecule has 0 saturated carbocycles. The van der Waals surface area contributed by atoms with Crippen LogP contribution in [0.5, 0.6) is 0 Å². The topological polar surface area (TPSA) is 103 Å². The summed E-state index contributed by atoms with van der Waals surface area (Å²) in [7, 11) is -4.20. The van der Waals surface area contributed by atoms with Gasteiger partial charge in [0.1, 0.15) is 5.82 Å². The van der Waals surface area contributed by atoms with Crippen LogP contribution in [0.15, 0.2) is 38.8 Å². The van der Waals surface area contributed by atoms with Crippen molar-refractivity contribution in [1.29, 1.82) is 0 Å². The maximum atomic E-state index is 13.0. The first-order valence-corrected chi connectivity index (χ1v) is 7.83. The van der Waals surface area contributed by atoms with Crippen LogP contribution in [0.2, 0.25) is 0 Å². The van der Waals surface area contributed by atoms with Gasteiger partial charge in [-0.2, -0.15) is 0 Å². The number of hydrogen-bond donors (Lipinski definition) is 2. The predicted octanol–water partition coefficient (Wildman–Crippen LogP) is 0.726. The number of rotatable bonds is 4. The largest absolute Gasteiger partial charge is 0.325 e. The number of aromatic amines is 2. The Balaban J connectivity index is 2.65. The highest BCUT2D eigenvalue weighted by atomic mass is 32.2.